The summed E-state index contributed by atoms with van der Waals surface area (Å²) >= 11 is 0. The van der Waals surface area contributed by atoms with E-state index in [4.69, 9.17) is 5.73 Å². The van der Waals surface area contributed by atoms with Crippen molar-refractivity contribution < 1.29 is 4.39 Å². The van der Waals surface area contributed by atoms with Gasteiger partial charge in [0.2, 0.25) is 0 Å². The smallest absolute Gasteiger partial charge is 0.141 e. The lowest BCUT2D eigenvalue weighted by Gasteiger charge is -2.21. The second kappa shape index (κ2) is 2.34. The fourth-order valence-corrected chi connectivity index (χ4v) is 2.41. The minimum Gasteiger partial charge on any atom is -0.324 e. The molecule has 2 aliphatic rings. The molecule has 0 saturated heterocycles. The lowest BCUT2D eigenvalue weighted by atomic mass is 9.90. The summed E-state index contributed by atoms with van der Waals surface area (Å²) in [5.74, 6) is -0.272. The molecular weight excluding hydrogens is 179 g/mol. The van der Waals surface area contributed by atoms with Crippen molar-refractivity contribution in [2.45, 2.75) is 36.6 Å². The molecule has 1 aromatic heterocycles. The molecule has 0 aromatic carbocycles. The van der Waals surface area contributed by atoms with Gasteiger partial charge in [0, 0.05) is 16.6 Å². The predicted molar refractivity (Wildman–Crippen MR) is 51.3 cm³/mol. The maximum absolute atomic E-state index is 12.7. The molecule has 2 saturated carbocycles. The van der Waals surface area contributed by atoms with Crippen molar-refractivity contribution in [3.63, 3.8) is 0 Å². The van der Waals surface area contributed by atoms with Crippen LogP contribution < -0.4 is 5.73 Å². The Balaban J connectivity index is 1.99. The van der Waals surface area contributed by atoms with Gasteiger partial charge in [-0.25, -0.2) is 4.39 Å². The van der Waals surface area contributed by atoms with Crippen LogP contribution in [0.5, 0.6) is 0 Å². The number of pyridine rings is 1. The molecular formula is C11H13FN2. The van der Waals surface area contributed by atoms with E-state index < -0.39 is 0 Å². The lowest BCUT2D eigenvalue weighted by molar-refractivity contribution is 0.488. The molecule has 2 N–H and O–H groups in total. The van der Waals surface area contributed by atoms with Gasteiger partial charge in [-0.2, -0.15) is 0 Å². The molecule has 0 amide bonds. The number of hydrogen-bond donors (Lipinski definition) is 1. The number of rotatable bonds is 2. The van der Waals surface area contributed by atoms with E-state index in [1.54, 1.807) is 6.07 Å². The van der Waals surface area contributed by atoms with Crippen LogP contribution in [0.25, 0.3) is 0 Å². The summed E-state index contributed by atoms with van der Waals surface area (Å²) in [4.78, 5) is 4.16. The summed E-state index contributed by atoms with van der Waals surface area (Å²) < 4.78 is 12.7. The lowest BCUT2D eigenvalue weighted by Crippen LogP contribution is -2.37. The highest BCUT2D eigenvalue weighted by Gasteiger charge is 2.64. The molecule has 0 bridgehead atoms. The minimum absolute atomic E-state index is 0.0299. The van der Waals surface area contributed by atoms with E-state index in [1.807, 2.05) is 0 Å². The maximum atomic E-state index is 12.7. The SMILES string of the molecule is NC1(C2(c3ccc(F)cn3)CC2)CC1. The number of hydrogen-bond acceptors (Lipinski definition) is 2. The van der Waals surface area contributed by atoms with Gasteiger partial charge in [-0.1, -0.05) is 0 Å². The summed E-state index contributed by atoms with van der Waals surface area (Å²) in [6, 6.07) is 3.27. The van der Waals surface area contributed by atoms with E-state index in [0.717, 1.165) is 31.4 Å². The van der Waals surface area contributed by atoms with Crippen molar-refractivity contribution in [3.8, 4) is 0 Å². The van der Waals surface area contributed by atoms with Crippen molar-refractivity contribution >= 4 is 0 Å². The number of halogens is 1. The third-order valence-corrected chi connectivity index (χ3v) is 3.71. The van der Waals surface area contributed by atoms with Gasteiger partial charge in [0.15, 0.2) is 0 Å². The fraction of sp³-hybridized carbons (Fsp3) is 0.545. The Morgan fingerprint density at radius 3 is 2.36 bits per heavy atom. The molecule has 1 aromatic rings. The summed E-state index contributed by atoms with van der Waals surface area (Å²) in [5.41, 5.74) is 7.26. The van der Waals surface area contributed by atoms with Crippen LogP contribution in [-0.4, -0.2) is 10.5 Å². The van der Waals surface area contributed by atoms with Crippen LogP contribution >= 0.6 is 0 Å². The topological polar surface area (TPSA) is 38.9 Å². The Kier molecular flexibility index (Phi) is 1.40. The second-order valence-corrected chi connectivity index (χ2v) is 4.60. The summed E-state index contributed by atoms with van der Waals surface area (Å²) in [5, 5.41) is 0. The summed E-state index contributed by atoms with van der Waals surface area (Å²) in [6.07, 6.45) is 5.70. The number of nitrogens with two attached hydrogens (primary N) is 1. The van der Waals surface area contributed by atoms with Crippen LogP contribution in [0, 0.1) is 5.82 Å². The molecule has 3 rings (SSSR count). The van der Waals surface area contributed by atoms with Gasteiger partial charge < -0.3 is 5.73 Å². The molecule has 0 atom stereocenters. The molecule has 1 heterocycles. The highest BCUT2D eigenvalue weighted by molar-refractivity contribution is 5.36. The van der Waals surface area contributed by atoms with Crippen molar-refractivity contribution in [1.82, 2.24) is 4.98 Å². The van der Waals surface area contributed by atoms with E-state index in [9.17, 15) is 4.39 Å². The van der Waals surface area contributed by atoms with Crippen molar-refractivity contribution in [3.05, 3.63) is 29.8 Å². The van der Waals surface area contributed by atoms with Gasteiger partial charge in [0.05, 0.1) is 6.20 Å². The Bertz CT molecular complexity index is 363. The first kappa shape index (κ1) is 8.36. The summed E-state index contributed by atoms with van der Waals surface area (Å²) in [7, 11) is 0. The summed E-state index contributed by atoms with van der Waals surface area (Å²) in [6.45, 7) is 0. The molecule has 14 heavy (non-hydrogen) atoms. The first-order valence-electron chi connectivity index (χ1n) is 5.07. The Morgan fingerprint density at radius 1 is 1.21 bits per heavy atom. The molecule has 2 aliphatic carbocycles. The van der Waals surface area contributed by atoms with Crippen LogP contribution in [0.1, 0.15) is 31.4 Å². The normalized spacial score (nSPS) is 25.9. The fourth-order valence-electron chi connectivity index (χ4n) is 2.41. The van der Waals surface area contributed by atoms with E-state index in [-0.39, 0.29) is 16.8 Å². The molecule has 2 fully saturated rings. The van der Waals surface area contributed by atoms with Gasteiger partial charge in [-0.3, -0.25) is 4.98 Å². The zero-order valence-corrected chi connectivity index (χ0v) is 7.96. The Hall–Kier alpha value is -0.960. The van der Waals surface area contributed by atoms with E-state index >= 15 is 0 Å². The van der Waals surface area contributed by atoms with E-state index in [2.05, 4.69) is 4.98 Å². The zero-order valence-electron chi connectivity index (χ0n) is 7.96. The van der Waals surface area contributed by atoms with Gasteiger partial charge >= 0.3 is 0 Å². The average Bonchev–Trinajstić information content (AvgIpc) is 3.01. The monoisotopic (exact) mass is 192 g/mol. The van der Waals surface area contributed by atoms with Crippen molar-refractivity contribution in [2.24, 2.45) is 5.73 Å². The zero-order chi connectivity index (χ0) is 9.81. The Labute approximate surface area is 82.3 Å². The van der Waals surface area contributed by atoms with Crippen LogP contribution in [-0.2, 0) is 5.41 Å². The van der Waals surface area contributed by atoms with Gasteiger partial charge in [0.25, 0.3) is 0 Å². The maximum Gasteiger partial charge on any atom is 0.141 e. The Morgan fingerprint density at radius 2 is 1.93 bits per heavy atom. The van der Waals surface area contributed by atoms with Crippen LogP contribution in [0.4, 0.5) is 4.39 Å². The van der Waals surface area contributed by atoms with E-state index in [0.29, 0.717) is 0 Å². The molecule has 0 aliphatic heterocycles. The van der Waals surface area contributed by atoms with Crippen LogP contribution in [0.2, 0.25) is 0 Å². The highest BCUT2D eigenvalue weighted by atomic mass is 19.1. The molecule has 0 radical (unpaired) electrons. The molecule has 0 spiro atoms. The largest absolute Gasteiger partial charge is 0.324 e. The molecule has 74 valence electrons. The minimum atomic E-state index is -0.272. The first-order valence-corrected chi connectivity index (χ1v) is 5.07. The average molecular weight is 192 g/mol. The van der Waals surface area contributed by atoms with Crippen molar-refractivity contribution in [1.29, 1.82) is 0 Å². The number of nitrogens with zero attached hydrogens (tertiary/aromatic N) is 1. The van der Waals surface area contributed by atoms with E-state index in [1.165, 1.54) is 12.3 Å². The number of aromatic nitrogens is 1. The van der Waals surface area contributed by atoms with Crippen molar-refractivity contribution in [2.75, 3.05) is 0 Å². The molecule has 0 unspecified atom stereocenters. The molecule has 2 nitrogen and oxygen atoms in total. The predicted octanol–water partition coefficient (Wildman–Crippen LogP) is 1.74. The van der Waals surface area contributed by atoms with Gasteiger partial charge in [0.1, 0.15) is 5.82 Å². The highest BCUT2D eigenvalue weighted by Crippen LogP contribution is 2.62. The van der Waals surface area contributed by atoms with Crippen LogP contribution in [0.3, 0.4) is 0 Å². The quantitative estimate of drug-likeness (QED) is 0.775. The second-order valence-electron chi connectivity index (χ2n) is 4.60. The van der Waals surface area contributed by atoms with Crippen LogP contribution in [0.15, 0.2) is 18.3 Å². The molecule has 3 heteroatoms. The standard InChI is InChI=1S/C11H13FN2/c12-8-1-2-9(14-7-8)10(3-4-10)11(13)5-6-11/h1-2,7H,3-6,13H2. The third-order valence-electron chi connectivity index (χ3n) is 3.71. The van der Waals surface area contributed by atoms with Gasteiger partial charge in [-0.15, -0.1) is 0 Å². The third kappa shape index (κ3) is 0.960. The first-order chi connectivity index (χ1) is 6.66. The van der Waals surface area contributed by atoms with Gasteiger partial charge in [-0.05, 0) is 37.8 Å².